The van der Waals surface area contributed by atoms with Crippen LogP contribution >= 0.6 is 0 Å². The third kappa shape index (κ3) is 1.53. The zero-order valence-corrected chi connectivity index (χ0v) is 13.0. The average Bonchev–Trinajstić information content (AvgIpc) is 2.74. The Morgan fingerprint density at radius 1 is 1.05 bits per heavy atom. The van der Waals surface area contributed by atoms with Gasteiger partial charge in [0.05, 0.1) is 0 Å². The lowest BCUT2D eigenvalue weighted by Crippen LogP contribution is -2.52. The number of carbonyl (C=O) groups excluding carboxylic acids is 1. The van der Waals surface area contributed by atoms with E-state index in [0.29, 0.717) is 17.1 Å². The highest BCUT2D eigenvalue weighted by Crippen LogP contribution is 2.64. The van der Waals surface area contributed by atoms with Crippen LogP contribution in [0.2, 0.25) is 0 Å². The summed E-state index contributed by atoms with van der Waals surface area (Å²) in [4.78, 5) is 12.4. The van der Waals surface area contributed by atoms with Crippen molar-refractivity contribution in [3.8, 4) is 0 Å². The zero-order valence-electron chi connectivity index (χ0n) is 13.0. The van der Waals surface area contributed by atoms with Crippen molar-refractivity contribution >= 4 is 5.78 Å². The fourth-order valence-electron chi connectivity index (χ4n) is 6.61. The SMILES string of the molecule is C[C@]12CCC3C(CC[C@H]4CC=CC[C@]34C)C1CCC2=O. The van der Waals surface area contributed by atoms with Gasteiger partial charge in [0.1, 0.15) is 5.78 Å². The second kappa shape index (κ2) is 4.21. The van der Waals surface area contributed by atoms with Gasteiger partial charge in [-0.1, -0.05) is 26.0 Å². The summed E-state index contributed by atoms with van der Waals surface area (Å²) in [7, 11) is 0. The number of fused-ring (bicyclic) bond motifs is 5. The van der Waals surface area contributed by atoms with Gasteiger partial charge >= 0.3 is 0 Å². The van der Waals surface area contributed by atoms with Crippen LogP contribution in [-0.2, 0) is 4.79 Å². The molecule has 0 radical (unpaired) electrons. The van der Waals surface area contributed by atoms with Crippen molar-refractivity contribution in [2.45, 2.75) is 65.2 Å². The molecule has 0 aliphatic heterocycles. The van der Waals surface area contributed by atoms with Crippen molar-refractivity contribution in [1.29, 1.82) is 0 Å². The first-order valence-electron chi connectivity index (χ1n) is 8.74. The number of hydrogen-bond donors (Lipinski definition) is 0. The fourth-order valence-corrected chi connectivity index (χ4v) is 6.61. The Kier molecular flexibility index (Phi) is 2.76. The predicted molar refractivity (Wildman–Crippen MR) is 81.3 cm³/mol. The van der Waals surface area contributed by atoms with Gasteiger partial charge in [-0.3, -0.25) is 4.79 Å². The number of allylic oxidation sites excluding steroid dienone is 2. The van der Waals surface area contributed by atoms with Crippen molar-refractivity contribution in [2.75, 3.05) is 0 Å². The van der Waals surface area contributed by atoms with Crippen LogP contribution in [0.3, 0.4) is 0 Å². The summed E-state index contributed by atoms with van der Waals surface area (Å²) in [5.41, 5.74) is 0.583. The second-order valence-corrected chi connectivity index (χ2v) is 8.49. The van der Waals surface area contributed by atoms with Crippen LogP contribution in [0.25, 0.3) is 0 Å². The molecule has 1 nitrogen and oxygen atoms in total. The van der Waals surface area contributed by atoms with E-state index in [1.165, 1.54) is 44.9 Å². The van der Waals surface area contributed by atoms with Crippen molar-refractivity contribution in [2.24, 2.45) is 34.5 Å². The average molecular weight is 272 g/mol. The summed E-state index contributed by atoms with van der Waals surface area (Å²) in [6.45, 7) is 4.86. The molecule has 0 spiro atoms. The molecule has 0 aromatic rings. The minimum absolute atomic E-state index is 0.0505. The first kappa shape index (κ1) is 13.1. The van der Waals surface area contributed by atoms with E-state index in [1.54, 1.807) is 0 Å². The lowest BCUT2D eigenvalue weighted by atomic mass is 9.46. The van der Waals surface area contributed by atoms with E-state index >= 15 is 0 Å². The van der Waals surface area contributed by atoms with Crippen molar-refractivity contribution in [3.63, 3.8) is 0 Å². The van der Waals surface area contributed by atoms with Gasteiger partial charge in [0.15, 0.2) is 0 Å². The van der Waals surface area contributed by atoms with Gasteiger partial charge in [-0.15, -0.1) is 0 Å². The summed E-state index contributed by atoms with van der Waals surface area (Å²) >= 11 is 0. The fraction of sp³-hybridized carbons (Fsp3) is 0.842. The zero-order chi connectivity index (χ0) is 14.0. The summed E-state index contributed by atoms with van der Waals surface area (Å²) in [6, 6.07) is 0. The van der Waals surface area contributed by atoms with E-state index in [0.717, 1.165) is 24.2 Å². The number of ketones is 1. The first-order chi connectivity index (χ1) is 9.56. The Morgan fingerprint density at radius 2 is 1.90 bits per heavy atom. The number of carbonyl (C=O) groups is 1. The van der Waals surface area contributed by atoms with Gasteiger partial charge in [0.2, 0.25) is 0 Å². The van der Waals surface area contributed by atoms with Gasteiger partial charge in [-0.25, -0.2) is 0 Å². The topological polar surface area (TPSA) is 17.1 Å². The first-order valence-corrected chi connectivity index (χ1v) is 8.74. The summed E-state index contributed by atoms with van der Waals surface area (Å²) in [5.74, 6) is 3.92. The second-order valence-electron chi connectivity index (χ2n) is 8.49. The van der Waals surface area contributed by atoms with Crippen LogP contribution in [-0.4, -0.2) is 5.78 Å². The molecule has 110 valence electrons. The van der Waals surface area contributed by atoms with Gasteiger partial charge in [0.25, 0.3) is 0 Å². The summed E-state index contributed by atoms with van der Waals surface area (Å²) < 4.78 is 0. The lowest BCUT2D eigenvalue weighted by Gasteiger charge is -2.58. The molecule has 0 amide bonds. The molecule has 4 aliphatic rings. The Labute approximate surface area is 123 Å². The molecule has 20 heavy (non-hydrogen) atoms. The predicted octanol–water partition coefficient (Wildman–Crippen LogP) is 4.76. The normalized spacial score (nSPS) is 54.2. The molecule has 4 aliphatic carbocycles. The number of Topliss-reactive ketones (excluding diaryl/α,β-unsaturated/α-hetero) is 1. The number of hydrogen-bond acceptors (Lipinski definition) is 1. The maximum atomic E-state index is 12.4. The molecular formula is C19H28O. The maximum Gasteiger partial charge on any atom is 0.139 e. The van der Waals surface area contributed by atoms with E-state index in [1.807, 2.05) is 0 Å². The van der Waals surface area contributed by atoms with E-state index in [9.17, 15) is 4.79 Å². The van der Waals surface area contributed by atoms with Gasteiger partial charge < -0.3 is 0 Å². The van der Waals surface area contributed by atoms with E-state index in [4.69, 9.17) is 0 Å². The Balaban J connectivity index is 1.68. The van der Waals surface area contributed by atoms with E-state index in [2.05, 4.69) is 26.0 Å². The standard InChI is InChI=1S/C19H28O/c1-18-11-4-3-5-13(18)6-7-14-15-8-9-17(20)19(15,2)12-10-16(14)18/h3-4,13-16H,5-12H2,1-2H3/t13-,14?,15?,16?,18+,19+/m1/s1. The third-order valence-electron chi connectivity index (χ3n) is 7.92. The summed E-state index contributed by atoms with van der Waals surface area (Å²) in [5, 5.41) is 0. The molecule has 1 heteroatoms. The molecule has 3 saturated carbocycles. The van der Waals surface area contributed by atoms with Crippen LogP contribution in [0.1, 0.15) is 65.2 Å². The smallest absolute Gasteiger partial charge is 0.139 e. The Bertz CT molecular complexity index is 464. The van der Waals surface area contributed by atoms with Crippen LogP contribution in [0.5, 0.6) is 0 Å². The van der Waals surface area contributed by atoms with Crippen LogP contribution in [0.15, 0.2) is 12.2 Å². The molecule has 0 aromatic carbocycles. The van der Waals surface area contributed by atoms with Crippen molar-refractivity contribution in [3.05, 3.63) is 12.2 Å². The molecule has 0 bridgehead atoms. The lowest BCUT2D eigenvalue weighted by molar-refractivity contribution is -0.136. The van der Waals surface area contributed by atoms with Crippen molar-refractivity contribution in [1.82, 2.24) is 0 Å². The van der Waals surface area contributed by atoms with Crippen LogP contribution < -0.4 is 0 Å². The quantitative estimate of drug-likeness (QED) is 0.581. The Hall–Kier alpha value is -0.590. The van der Waals surface area contributed by atoms with Crippen LogP contribution in [0.4, 0.5) is 0 Å². The molecule has 3 fully saturated rings. The van der Waals surface area contributed by atoms with Gasteiger partial charge in [-0.05, 0) is 74.0 Å². The Morgan fingerprint density at radius 3 is 2.75 bits per heavy atom. The largest absolute Gasteiger partial charge is 0.299 e. The monoisotopic (exact) mass is 272 g/mol. The van der Waals surface area contributed by atoms with Crippen LogP contribution in [0, 0.1) is 34.5 Å². The van der Waals surface area contributed by atoms with E-state index < -0.39 is 0 Å². The minimum atomic E-state index is 0.0505. The molecule has 0 heterocycles. The molecule has 4 rings (SSSR count). The van der Waals surface area contributed by atoms with Gasteiger partial charge in [-0.2, -0.15) is 0 Å². The molecule has 6 atom stereocenters. The summed E-state index contributed by atoms with van der Waals surface area (Å²) in [6.07, 6.45) is 14.8. The molecular weight excluding hydrogens is 244 g/mol. The maximum absolute atomic E-state index is 12.4. The molecule has 0 saturated heterocycles. The number of rotatable bonds is 0. The molecule has 0 aromatic heterocycles. The third-order valence-corrected chi connectivity index (χ3v) is 7.92. The van der Waals surface area contributed by atoms with Gasteiger partial charge in [0, 0.05) is 11.8 Å². The van der Waals surface area contributed by atoms with E-state index in [-0.39, 0.29) is 5.41 Å². The molecule has 3 unspecified atom stereocenters. The molecule has 0 N–H and O–H groups in total. The highest BCUT2D eigenvalue weighted by Gasteiger charge is 2.59. The highest BCUT2D eigenvalue weighted by atomic mass is 16.1. The minimum Gasteiger partial charge on any atom is -0.299 e. The highest BCUT2D eigenvalue weighted by molar-refractivity contribution is 5.87. The van der Waals surface area contributed by atoms with Crippen molar-refractivity contribution < 1.29 is 4.79 Å².